The highest BCUT2D eigenvalue weighted by atomic mass is 32.2. The number of para-hydroxylation sites is 1. The molecule has 4 rings (SSSR count). The van der Waals surface area contributed by atoms with Gasteiger partial charge in [-0.2, -0.15) is 4.98 Å². The maximum Gasteiger partial charge on any atom is 0.230 e. The van der Waals surface area contributed by atoms with Crippen LogP contribution in [0.2, 0.25) is 0 Å². The molecule has 0 unspecified atom stereocenters. The van der Waals surface area contributed by atoms with E-state index in [1.165, 1.54) is 11.8 Å². The number of nitrogens with one attached hydrogen (secondary N) is 2. The molecule has 2 N–H and O–H groups in total. The smallest absolute Gasteiger partial charge is 0.230 e. The van der Waals surface area contributed by atoms with Crippen molar-refractivity contribution in [1.29, 1.82) is 0 Å². The Morgan fingerprint density at radius 3 is 2.64 bits per heavy atom. The van der Waals surface area contributed by atoms with E-state index < -0.39 is 0 Å². The van der Waals surface area contributed by atoms with Gasteiger partial charge in [0.2, 0.25) is 11.9 Å². The second kappa shape index (κ2) is 10.8. The first-order valence-electron chi connectivity index (χ1n) is 11.4. The van der Waals surface area contributed by atoms with Crippen LogP contribution in [0, 0.1) is 12.8 Å². The van der Waals surface area contributed by atoms with Gasteiger partial charge in [0, 0.05) is 44.0 Å². The molecule has 0 spiro atoms. The molecule has 1 aliphatic carbocycles. The number of anilines is 2. The maximum absolute atomic E-state index is 12.2. The van der Waals surface area contributed by atoms with Crippen molar-refractivity contribution in [1.82, 2.24) is 25.3 Å². The summed E-state index contributed by atoms with van der Waals surface area (Å²) in [6.45, 7) is 2.64. The number of aryl methyl sites for hydroxylation is 1. The molecule has 1 aromatic carbocycles. The highest BCUT2D eigenvalue weighted by Gasteiger charge is 2.22. The third-order valence-electron chi connectivity index (χ3n) is 5.88. The number of carbonyl (C=O) groups is 1. The number of fused-ring (bicyclic) bond motifs is 1. The van der Waals surface area contributed by atoms with Crippen molar-refractivity contribution in [3.63, 3.8) is 0 Å². The van der Waals surface area contributed by atoms with Gasteiger partial charge in [-0.1, -0.05) is 23.9 Å². The molecule has 1 amide bonds. The van der Waals surface area contributed by atoms with Crippen LogP contribution in [-0.4, -0.2) is 58.3 Å². The van der Waals surface area contributed by atoms with Gasteiger partial charge in [-0.05, 0) is 56.7 Å². The van der Waals surface area contributed by atoms with E-state index in [1.54, 1.807) is 6.20 Å². The first kappa shape index (κ1) is 23.2. The highest BCUT2D eigenvalue weighted by Crippen LogP contribution is 2.28. The summed E-state index contributed by atoms with van der Waals surface area (Å²) in [4.78, 5) is 32.2. The SMILES string of the molecule is Cc1ccnc(SCC(=O)NCC2CCC(Nc3nc(N(C)C)c4ccccc4n3)CC2)n1. The van der Waals surface area contributed by atoms with E-state index in [-0.39, 0.29) is 5.91 Å². The van der Waals surface area contributed by atoms with Gasteiger partial charge in [-0.25, -0.2) is 15.0 Å². The van der Waals surface area contributed by atoms with Gasteiger partial charge in [0.15, 0.2) is 5.16 Å². The third kappa shape index (κ3) is 6.31. The fourth-order valence-electron chi connectivity index (χ4n) is 4.09. The summed E-state index contributed by atoms with van der Waals surface area (Å²) in [6.07, 6.45) is 5.94. The van der Waals surface area contributed by atoms with Crippen molar-refractivity contribution in [3.8, 4) is 0 Å². The average Bonchev–Trinajstić information content (AvgIpc) is 2.82. The zero-order valence-electron chi connectivity index (χ0n) is 19.4. The summed E-state index contributed by atoms with van der Waals surface area (Å²) < 4.78 is 0. The summed E-state index contributed by atoms with van der Waals surface area (Å²) in [5.41, 5.74) is 1.86. The molecule has 0 bridgehead atoms. The Morgan fingerprint density at radius 1 is 1.09 bits per heavy atom. The van der Waals surface area contributed by atoms with Crippen LogP contribution in [0.1, 0.15) is 31.4 Å². The van der Waals surface area contributed by atoms with Gasteiger partial charge in [-0.3, -0.25) is 4.79 Å². The quantitative estimate of drug-likeness (QED) is 0.384. The van der Waals surface area contributed by atoms with Gasteiger partial charge in [0.1, 0.15) is 5.82 Å². The van der Waals surface area contributed by atoms with Crippen LogP contribution in [0.5, 0.6) is 0 Å². The van der Waals surface area contributed by atoms with Crippen LogP contribution in [0.4, 0.5) is 11.8 Å². The molecule has 33 heavy (non-hydrogen) atoms. The predicted molar refractivity (Wildman–Crippen MR) is 134 cm³/mol. The van der Waals surface area contributed by atoms with Crippen molar-refractivity contribution in [2.45, 2.75) is 43.8 Å². The summed E-state index contributed by atoms with van der Waals surface area (Å²) in [7, 11) is 4.01. The first-order valence-corrected chi connectivity index (χ1v) is 12.4. The molecule has 0 saturated heterocycles. The van der Waals surface area contributed by atoms with E-state index >= 15 is 0 Å². The van der Waals surface area contributed by atoms with Gasteiger partial charge < -0.3 is 15.5 Å². The zero-order chi connectivity index (χ0) is 23.2. The Labute approximate surface area is 199 Å². The molecule has 1 saturated carbocycles. The number of aromatic nitrogens is 4. The Morgan fingerprint density at radius 2 is 1.88 bits per heavy atom. The molecule has 3 aromatic rings. The zero-order valence-corrected chi connectivity index (χ0v) is 20.2. The lowest BCUT2D eigenvalue weighted by Crippen LogP contribution is -2.35. The molecular weight excluding hydrogens is 434 g/mol. The highest BCUT2D eigenvalue weighted by molar-refractivity contribution is 7.99. The van der Waals surface area contributed by atoms with Gasteiger partial charge in [-0.15, -0.1) is 0 Å². The topological polar surface area (TPSA) is 95.9 Å². The molecule has 0 radical (unpaired) electrons. The normalized spacial score (nSPS) is 18.2. The van der Waals surface area contributed by atoms with E-state index in [9.17, 15) is 4.79 Å². The van der Waals surface area contributed by atoms with Crippen LogP contribution >= 0.6 is 11.8 Å². The van der Waals surface area contributed by atoms with E-state index in [1.807, 2.05) is 50.2 Å². The van der Waals surface area contributed by atoms with Crippen molar-refractivity contribution < 1.29 is 4.79 Å². The minimum Gasteiger partial charge on any atom is -0.362 e. The van der Waals surface area contributed by atoms with Gasteiger partial charge in [0.05, 0.1) is 11.3 Å². The summed E-state index contributed by atoms with van der Waals surface area (Å²) in [5, 5.41) is 8.32. The molecule has 2 aromatic heterocycles. The monoisotopic (exact) mass is 465 g/mol. The second-order valence-corrected chi connectivity index (χ2v) is 9.66. The summed E-state index contributed by atoms with van der Waals surface area (Å²) >= 11 is 1.37. The van der Waals surface area contributed by atoms with E-state index in [0.717, 1.165) is 54.6 Å². The molecule has 174 valence electrons. The summed E-state index contributed by atoms with van der Waals surface area (Å²) in [6, 6.07) is 10.3. The van der Waals surface area contributed by atoms with E-state index in [4.69, 9.17) is 9.97 Å². The Hall–Kier alpha value is -2.94. The molecule has 2 heterocycles. The van der Waals surface area contributed by atoms with Crippen molar-refractivity contribution in [2.24, 2.45) is 5.92 Å². The lowest BCUT2D eigenvalue weighted by atomic mass is 9.86. The molecule has 0 atom stereocenters. The molecule has 1 fully saturated rings. The van der Waals surface area contributed by atoms with Crippen LogP contribution in [-0.2, 0) is 4.79 Å². The molecule has 9 heteroatoms. The maximum atomic E-state index is 12.2. The van der Waals surface area contributed by atoms with Crippen LogP contribution in [0.3, 0.4) is 0 Å². The first-order chi connectivity index (χ1) is 16.0. The standard InChI is InChI=1S/C24H31N7OS/c1-16-12-13-25-24(27-16)33-15-21(32)26-14-17-8-10-18(11-9-17)28-23-29-20-7-5-4-6-19(20)22(30-23)31(2)3/h4-7,12-13,17-18H,8-11,14-15H2,1-3H3,(H,26,32)(H,28,29,30). The number of benzene rings is 1. The minimum absolute atomic E-state index is 0.0335. The van der Waals surface area contributed by atoms with E-state index in [0.29, 0.717) is 28.8 Å². The van der Waals surface area contributed by atoms with Crippen LogP contribution in [0.15, 0.2) is 41.7 Å². The fourth-order valence-corrected chi connectivity index (χ4v) is 4.80. The molecular formula is C24H31N7OS. The van der Waals surface area contributed by atoms with Crippen LogP contribution < -0.4 is 15.5 Å². The largest absolute Gasteiger partial charge is 0.362 e. The number of thioether (sulfide) groups is 1. The summed E-state index contributed by atoms with van der Waals surface area (Å²) in [5.74, 6) is 2.49. The van der Waals surface area contributed by atoms with Gasteiger partial charge in [0.25, 0.3) is 0 Å². The lowest BCUT2D eigenvalue weighted by molar-refractivity contribution is -0.118. The number of amides is 1. The van der Waals surface area contributed by atoms with Crippen LogP contribution in [0.25, 0.3) is 10.9 Å². The van der Waals surface area contributed by atoms with Gasteiger partial charge >= 0.3 is 0 Å². The Kier molecular flexibility index (Phi) is 7.59. The third-order valence-corrected chi connectivity index (χ3v) is 6.74. The fraction of sp³-hybridized carbons (Fsp3) is 0.458. The number of hydrogen-bond acceptors (Lipinski definition) is 8. The minimum atomic E-state index is 0.0335. The van der Waals surface area contributed by atoms with Crippen molar-refractivity contribution >= 4 is 40.3 Å². The molecule has 1 aliphatic rings. The molecule has 0 aliphatic heterocycles. The second-order valence-electron chi connectivity index (χ2n) is 8.72. The lowest BCUT2D eigenvalue weighted by Gasteiger charge is -2.29. The number of hydrogen-bond donors (Lipinski definition) is 2. The number of carbonyl (C=O) groups excluding carboxylic acids is 1. The van der Waals surface area contributed by atoms with Crippen molar-refractivity contribution in [3.05, 3.63) is 42.2 Å². The Bertz CT molecular complexity index is 1100. The number of rotatable bonds is 8. The van der Waals surface area contributed by atoms with Crippen molar-refractivity contribution in [2.75, 3.05) is 36.6 Å². The number of nitrogens with zero attached hydrogens (tertiary/aromatic N) is 5. The predicted octanol–water partition coefficient (Wildman–Crippen LogP) is 3.67. The molecule has 8 nitrogen and oxygen atoms in total. The van der Waals surface area contributed by atoms with E-state index in [2.05, 4.69) is 26.7 Å². The Balaban J connectivity index is 1.23. The average molecular weight is 466 g/mol.